The van der Waals surface area contributed by atoms with Crippen molar-refractivity contribution in [2.24, 2.45) is 7.05 Å². The zero-order valence-electron chi connectivity index (χ0n) is 11.7. The Morgan fingerprint density at radius 1 is 1.10 bits per heavy atom. The van der Waals surface area contributed by atoms with Crippen molar-refractivity contribution in [2.45, 2.75) is 12.8 Å². The van der Waals surface area contributed by atoms with Gasteiger partial charge in [0.25, 0.3) is 0 Å². The molecule has 0 amide bonds. The second-order valence-electron chi connectivity index (χ2n) is 4.84. The van der Waals surface area contributed by atoms with Gasteiger partial charge >= 0.3 is 0 Å². The molecule has 0 aliphatic carbocycles. The lowest BCUT2D eigenvalue weighted by Gasteiger charge is -2.01. The topological polar surface area (TPSA) is 43.6 Å². The first-order valence-corrected chi connectivity index (χ1v) is 6.77. The Morgan fingerprint density at radius 3 is 2.67 bits per heavy atom. The van der Waals surface area contributed by atoms with Crippen LogP contribution in [0.1, 0.15) is 11.4 Å². The summed E-state index contributed by atoms with van der Waals surface area (Å²) in [7, 11) is 1.87. The molecule has 0 spiro atoms. The van der Waals surface area contributed by atoms with E-state index in [1.807, 2.05) is 25.2 Å². The number of hydrogen-bond donors (Lipinski definition) is 0. The van der Waals surface area contributed by atoms with Gasteiger partial charge in [-0.2, -0.15) is 5.10 Å². The van der Waals surface area contributed by atoms with E-state index >= 15 is 0 Å². The molecule has 2 heterocycles. The summed E-state index contributed by atoms with van der Waals surface area (Å²) in [5.41, 5.74) is 1.90. The van der Waals surface area contributed by atoms with Gasteiger partial charge in [-0.1, -0.05) is 12.1 Å². The van der Waals surface area contributed by atoms with Crippen LogP contribution in [-0.4, -0.2) is 19.7 Å². The van der Waals surface area contributed by atoms with Crippen molar-refractivity contribution < 1.29 is 4.39 Å². The van der Waals surface area contributed by atoms with Gasteiger partial charge in [0.15, 0.2) is 5.82 Å². The van der Waals surface area contributed by atoms with Crippen molar-refractivity contribution >= 4 is 0 Å². The van der Waals surface area contributed by atoms with E-state index < -0.39 is 0 Å². The quantitative estimate of drug-likeness (QED) is 0.739. The molecule has 106 valence electrons. The number of aryl methyl sites for hydroxylation is 3. The molecule has 0 saturated carbocycles. The first-order valence-electron chi connectivity index (χ1n) is 6.77. The summed E-state index contributed by atoms with van der Waals surface area (Å²) in [5.74, 6) is 1.36. The number of benzene rings is 1. The molecule has 0 radical (unpaired) electrons. The maximum Gasteiger partial charge on any atom is 0.181 e. The Kier molecular flexibility index (Phi) is 3.73. The van der Waals surface area contributed by atoms with Crippen LogP contribution < -0.4 is 0 Å². The van der Waals surface area contributed by atoms with Crippen molar-refractivity contribution in [2.75, 3.05) is 0 Å². The standard InChI is InChI=1S/C16H15FN4/c1-21-15(6-5-12-3-2-4-14(17)11-12)19-16(20-21)13-7-9-18-10-8-13/h2-4,7-11H,5-6H2,1H3. The molecule has 0 atom stereocenters. The van der Waals surface area contributed by atoms with Crippen LogP contribution >= 0.6 is 0 Å². The SMILES string of the molecule is Cn1nc(-c2ccncc2)nc1CCc1cccc(F)c1. The van der Waals surface area contributed by atoms with E-state index in [0.717, 1.165) is 29.8 Å². The molecule has 0 fully saturated rings. The molecule has 3 rings (SSSR count). The first kappa shape index (κ1) is 13.4. The van der Waals surface area contributed by atoms with Crippen LogP contribution in [-0.2, 0) is 19.9 Å². The highest BCUT2D eigenvalue weighted by molar-refractivity contribution is 5.53. The van der Waals surface area contributed by atoms with Crippen molar-refractivity contribution in [3.05, 3.63) is 66.0 Å². The lowest BCUT2D eigenvalue weighted by molar-refractivity contribution is 0.624. The van der Waals surface area contributed by atoms with Gasteiger partial charge in [0, 0.05) is 31.4 Å². The summed E-state index contributed by atoms with van der Waals surface area (Å²) in [6.45, 7) is 0. The lowest BCUT2D eigenvalue weighted by atomic mass is 10.1. The van der Waals surface area contributed by atoms with E-state index in [9.17, 15) is 4.39 Å². The van der Waals surface area contributed by atoms with E-state index in [1.54, 1.807) is 29.2 Å². The van der Waals surface area contributed by atoms with Crippen molar-refractivity contribution in [3.8, 4) is 11.4 Å². The van der Waals surface area contributed by atoms with Crippen molar-refractivity contribution in [1.82, 2.24) is 19.7 Å². The molecule has 5 heteroatoms. The Hall–Kier alpha value is -2.56. The fourth-order valence-corrected chi connectivity index (χ4v) is 2.21. The van der Waals surface area contributed by atoms with E-state index in [2.05, 4.69) is 15.1 Å². The van der Waals surface area contributed by atoms with Gasteiger partial charge in [0.05, 0.1) is 0 Å². The Morgan fingerprint density at radius 2 is 1.90 bits per heavy atom. The highest BCUT2D eigenvalue weighted by Gasteiger charge is 2.09. The van der Waals surface area contributed by atoms with Gasteiger partial charge in [0.1, 0.15) is 11.6 Å². The fourth-order valence-electron chi connectivity index (χ4n) is 2.21. The summed E-state index contributed by atoms with van der Waals surface area (Å²) in [6, 6.07) is 10.4. The Balaban J connectivity index is 1.76. The van der Waals surface area contributed by atoms with Crippen molar-refractivity contribution in [3.63, 3.8) is 0 Å². The molecular formula is C16H15FN4. The average Bonchev–Trinajstić information content (AvgIpc) is 2.87. The van der Waals surface area contributed by atoms with Gasteiger partial charge in [-0.3, -0.25) is 9.67 Å². The summed E-state index contributed by atoms with van der Waals surface area (Å²) in [4.78, 5) is 8.53. The van der Waals surface area contributed by atoms with Crippen molar-refractivity contribution in [1.29, 1.82) is 0 Å². The maximum absolute atomic E-state index is 13.2. The van der Waals surface area contributed by atoms with Crippen LogP contribution in [0.2, 0.25) is 0 Å². The third kappa shape index (κ3) is 3.13. The molecule has 0 aliphatic heterocycles. The number of aromatic nitrogens is 4. The molecule has 0 bridgehead atoms. The van der Waals surface area contributed by atoms with Gasteiger partial charge in [0.2, 0.25) is 0 Å². The van der Waals surface area contributed by atoms with Gasteiger partial charge in [-0.05, 0) is 36.2 Å². The molecule has 4 nitrogen and oxygen atoms in total. The zero-order chi connectivity index (χ0) is 14.7. The van der Waals surface area contributed by atoms with Crippen LogP contribution in [0.3, 0.4) is 0 Å². The summed E-state index contributed by atoms with van der Waals surface area (Å²) < 4.78 is 14.9. The first-order chi connectivity index (χ1) is 10.2. The number of hydrogen-bond acceptors (Lipinski definition) is 3. The van der Waals surface area contributed by atoms with Crippen LogP contribution in [0.5, 0.6) is 0 Å². The third-order valence-electron chi connectivity index (χ3n) is 3.32. The number of nitrogens with zero attached hydrogens (tertiary/aromatic N) is 4. The van der Waals surface area contributed by atoms with Gasteiger partial charge in [-0.25, -0.2) is 9.37 Å². The molecule has 3 aromatic rings. The summed E-state index contributed by atoms with van der Waals surface area (Å²) >= 11 is 0. The largest absolute Gasteiger partial charge is 0.265 e. The molecular weight excluding hydrogens is 267 g/mol. The third-order valence-corrected chi connectivity index (χ3v) is 3.32. The van der Waals surface area contributed by atoms with E-state index in [-0.39, 0.29) is 5.82 Å². The second-order valence-corrected chi connectivity index (χ2v) is 4.84. The second kappa shape index (κ2) is 5.83. The minimum Gasteiger partial charge on any atom is -0.265 e. The number of pyridine rings is 1. The van der Waals surface area contributed by atoms with Crippen LogP contribution in [0.4, 0.5) is 4.39 Å². The molecule has 2 aromatic heterocycles. The van der Waals surface area contributed by atoms with Crippen LogP contribution in [0.15, 0.2) is 48.8 Å². The Bertz CT molecular complexity index is 737. The van der Waals surface area contributed by atoms with Gasteiger partial charge < -0.3 is 0 Å². The van der Waals surface area contributed by atoms with E-state index in [1.165, 1.54) is 6.07 Å². The molecule has 0 unspecified atom stereocenters. The highest BCUT2D eigenvalue weighted by Crippen LogP contribution is 2.15. The predicted octanol–water partition coefficient (Wildman–Crippen LogP) is 2.80. The minimum atomic E-state index is -0.206. The monoisotopic (exact) mass is 282 g/mol. The van der Waals surface area contributed by atoms with Gasteiger partial charge in [-0.15, -0.1) is 0 Å². The highest BCUT2D eigenvalue weighted by atomic mass is 19.1. The normalized spacial score (nSPS) is 10.8. The number of halogens is 1. The molecule has 0 N–H and O–H groups in total. The van der Waals surface area contributed by atoms with E-state index in [0.29, 0.717) is 5.82 Å². The minimum absolute atomic E-state index is 0.206. The predicted molar refractivity (Wildman–Crippen MR) is 78.0 cm³/mol. The molecule has 1 aromatic carbocycles. The molecule has 0 aliphatic rings. The Labute approximate surface area is 122 Å². The smallest absolute Gasteiger partial charge is 0.181 e. The fraction of sp³-hybridized carbons (Fsp3) is 0.188. The summed E-state index contributed by atoms with van der Waals surface area (Å²) in [5, 5.41) is 4.41. The molecule has 0 saturated heterocycles. The van der Waals surface area contributed by atoms with Crippen LogP contribution in [0, 0.1) is 5.82 Å². The summed E-state index contributed by atoms with van der Waals surface area (Å²) in [6.07, 6.45) is 4.90. The molecule has 21 heavy (non-hydrogen) atoms. The zero-order valence-corrected chi connectivity index (χ0v) is 11.7. The maximum atomic E-state index is 13.2. The number of rotatable bonds is 4. The van der Waals surface area contributed by atoms with E-state index in [4.69, 9.17) is 0 Å². The average molecular weight is 282 g/mol. The lowest BCUT2D eigenvalue weighted by Crippen LogP contribution is -2.01. The van der Waals surface area contributed by atoms with Crippen LogP contribution in [0.25, 0.3) is 11.4 Å².